The van der Waals surface area contributed by atoms with E-state index in [1.54, 1.807) is 0 Å². The Morgan fingerprint density at radius 1 is 1.53 bits per heavy atom. The van der Waals surface area contributed by atoms with Gasteiger partial charge >= 0.3 is 0 Å². The van der Waals surface area contributed by atoms with E-state index in [0.29, 0.717) is 12.4 Å². The summed E-state index contributed by atoms with van der Waals surface area (Å²) in [4.78, 5) is 0. The molecule has 0 aromatic carbocycles. The molecule has 15 heavy (non-hydrogen) atoms. The van der Waals surface area contributed by atoms with Gasteiger partial charge in [0.25, 0.3) is 10.0 Å². The van der Waals surface area contributed by atoms with Gasteiger partial charge in [-0.2, -0.15) is 12.8 Å². The van der Waals surface area contributed by atoms with Gasteiger partial charge in [0, 0.05) is 6.61 Å². The Hall–Kier alpha value is -0.880. The van der Waals surface area contributed by atoms with Crippen LogP contribution < -0.4 is 0 Å². The average molecular weight is 231 g/mol. The number of hydrogen-bond donors (Lipinski definition) is 0. The fraction of sp³-hybridized carbons (Fsp3) is 0.667. The van der Waals surface area contributed by atoms with Crippen LogP contribution in [0.15, 0.2) is 15.6 Å². The molecule has 0 aromatic rings. The second-order valence-electron chi connectivity index (χ2n) is 3.57. The van der Waals surface area contributed by atoms with Crippen molar-refractivity contribution in [3.05, 3.63) is 11.2 Å². The Kier molecular flexibility index (Phi) is 3.06. The molecule has 0 aliphatic carbocycles. The number of nitrogens with zero attached hydrogens (tertiary/aromatic N) is 1. The Labute approximate surface area is 88.8 Å². The first-order valence-corrected chi connectivity index (χ1v) is 6.42. The van der Waals surface area contributed by atoms with E-state index < -0.39 is 10.0 Å². The second kappa shape index (κ2) is 4.32. The third kappa shape index (κ3) is 3.04. The van der Waals surface area contributed by atoms with Crippen molar-refractivity contribution in [3.63, 3.8) is 0 Å². The van der Waals surface area contributed by atoms with Crippen LogP contribution in [0.5, 0.6) is 0 Å². The van der Waals surface area contributed by atoms with E-state index in [2.05, 4.69) is 4.40 Å². The number of ether oxygens (including phenoxy) is 2. The maximum Gasteiger partial charge on any atom is 0.279 e. The van der Waals surface area contributed by atoms with Crippen molar-refractivity contribution in [1.82, 2.24) is 0 Å². The normalized spacial score (nSPS) is 28.8. The lowest BCUT2D eigenvalue weighted by Crippen LogP contribution is -2.24. The predicted octanol–water partition coefficient (Wildman–Crippen LogP) is 0.828. The minimum Gasteiger partial charge on any atom is -0.488 e. The highest BCUT2D eigenvalue weighted by Crippen LogP contribution is 2.15. The minimum atomic E-state index is -3.41. The molecule has 0 amide bonds. The molecule has 0 N–H and O–H groups in total. The molecule has 2 aliphatic heterocycles. The van der Waals surface area contributed by atoms with Gasteiger partial charge in [-0.3, -0.25) is 0 Å². The van der Waals surface area contributed by atoms with Crippen LogP contribution in [0.2, 0.25) is 0 Å². The molecule has 2 rings (SSSR count). The van der Waals surface area contributed by atoms with Gasteiger partial charge in [0.2, 0.25) is 0 Å². The Morgan fingerprint density at radius 2 is 2.40 bits per heavy atom. The zero-order valence-electron chi connectivity index (χ0n) is 8.26. The standard InChI is InChI=1S/C9H13NO4S/c11-15(12)7-9(5-10-15)14-6-8-3-1-2-4-13-8/h5,7-8H,1-4,6H2. The van der Waals surface area contributed by atoms with Gasteiger partial charge in [0.1, 0.15) is 6.61 Å². The minimum absolute atomic E-state index is 0.0800. The first-order valence-electron chi connectivity index (χ1n) is 4.92. The fourth-order valence-electron chi connectivity index (χ4n) is 1.53. The SMILES string of the molecule is O=S1(=O)C=C(OCC2CCCCO2)C=N1. The van der Waals surface area contributed by atoms with Gasteiger partial charge in [0.15, 0.2) is 5.76 Å². The third-order valence-electron chi connectivity index (χ3n) is 2.30. The quantitative estimate of drug-likeness (QED) is 0.721. The summed E-state index contributed by atoms with van der Waals surface area (Å²) in [5.41, 5.74) is 0. The molecule has 0 radical (unpaired) electrons. The van der Waals surface area contributed by atoms with Gasteiger partial charge in [-0.25, -0.2) is 0 Å². The molecule has 6 heteroatoms. The van der Waals surface area contributed by atoms with E-state index in [-0.39, 0.29) is 6.10 Å². The highest BCUT2D eigenvalue weighted by atomic mass is 32.2. The van der Waals surface area contributed by atoms with E-state index in [1.165, 1.54) is 6.21 Å². The van der Waals surface area contributed by atoms with Crippen LogP contribution >= 0.6 is 0 Å². The van der Waals surface area contributed by atoms with E-state index in [9.17, 15) is 8.42 Å². The summed E-state index contributed by atoms with van der Waals surface area (Å²) in [6.45, 7) is 1.16. The smallest absolute Gasteiger partial charge is 0.279 e. The van der Waals surface area contributed by atoms with Crippen LogP contribution in [0.1, 0.15) is 19.3 Å². The first-order chi connectivity index (χ1) is 7.16. The third-order valence-corrected chi connectivity index (χ3v) is 3.23. The lowest BCUT2D eigenvalue weighted by Gasteiger charge is -2.22. The number of hydrogen-bond acceptors (Lipinski definition) is 4. The summed E-state index contributed by atoms with van der Waals surface area (Å²) in [6.07, 6.45) is 4.50. The van der Waals surface area contributed by atoms with Gasteiger partial charge in [-0.1, -0.05) is 0 Å². The molecule has 1 atom stereocenters. The molecular weight excluding hydrogens is 218 g/mol. The topological polar surface area (TPSA) is 65.0 Å². The Balaban J connectivity index is 1.81. The lowest BCUT2D eigenvalue weighted by atomic mass is 10.1. The molecule has 84 valence electrons. The van der Waals surface area contributed by atoms with Gasteiger partial charge in [-0.05, 0) is 19.3 Å². The van der Waals surface area contributed by atoms with Crippen LogP contribution in [0, 0.1) is 0 Å². The summed E-state index contributed by atoms with van der Waals surface area (Å²) in [7, 11) is -3.41. The molecule has 1 fully saturated rings. The Bertz CT molecular complexity index is 379. The molecule has 5 nitrogen and oxygen atoms in total. The fourth-order valence-corrected chi connectivity index (χ4v) is 2.27. The summed E-state index contributed by atoms with van der Waals surface area (Å²) >= 11 is 0. The molecular formula is C9H13NO4S. The van der Waals surface area contributed by atoms with E-state index in [0.717, 1.165) is 31.3 Å². The largest absolute Gasteiger partial charge is 0.488 e. The molecule has 2 heterocycles. The average Bonchev–Trinajstić information content (AvgIpc) is 2.57. The highest BCUT2D eigenvalue weighted by Gasteiger charge is 2.18. The Morgan fingerprint density at radius 3 is 3.00 bits per heavy atom. The second-order valence-corrected chi connectivity index (χ2v) is 5.05. The highest BCUT2D eigenvalue weighted by molar-refractivity contribution is 7.93. The molecule has 0 bridgehead atoms. The van der Waals surface area contributed by atoms with Gasteiger partial charge in [-0.15, -0.1) is 0 Å². The molecule has 1 unspecified atom stereocenters. The van der Waals surface area contributed by atoms with Crippen molar-refractivity contribution in [2.45, 2.75) is 25.4 Å². The van der Waals surface area contributed by atoms with Crippen molar-refractivity contribution in [1.29, 1.82) is 0 Å². The van der Waals surface area contributed by atoms with Crippen LogP contribution in [0.3, 0.4) is 0 Å². The lowest BCUT2D eigenvalue weighted by molar-refractivity contribution is -0.0230. The maximum atomic E-state index is 10.9. The maximum absolute atomic E-state index is 10.9. The summed E-state index contributed by atoms with van der Waals surface area (Å²) < 4.78 is 35.8. The number of allylic oxidation sites excluding steroid dienone is 1. The molecule has 1 saturated heterocycles. The number of rotatable bonds is 3. The van der Waals surface area contributed by atoms with Crippen LogP contribution in [-0.4, -0.2) is 34.0 Å². The molecule has 0 aromatic heterocycles. The van der Waals surface area contributed by atoms with Crippen LogP contribution in [-0.2, 0) is 19.5 Å². The van der Waals surface area contributed by atoms with Crippen LogP contribution in [0.4, 0.5) is 0 Å². The van der Waals surface area contributed by atoms with Gasteiger partial charge in [0.05, 0.1) is 17.7 Å². The summed E-state index contributed by atoms with van der Waals surface area (Å²) in [6, 6.07) is 0. The summed E-state index contributed by atoms with van der Waals surface area (Å²) in [5, 5.41) is 1.02. The van der Waals surface area contributed by atoms with E-state index in [4.69, 9.17) is 9.47 Å². The predicted molar refractivity (Wildman–Crippen MR) is 55.0 cm³/mol. The van der Waals surface area contributed by atoms with Crippen molar-refractivity contribution < 1.29 is 17.9 Å². The van der Waals surface area contributed by atoms with Crippen molar-refractivity contribution >= 4 is 16.2 Å². The first kappa shape index (κ1) is 10.6. The van der Waals surface area contributed by atoms with E-state index in [1.807, 2.05) is 0 Å². The van der Waals surface area contributed by atoms with Crippen molar-refractivity contribution in [2.75, 3.05) is 13.2 Å². The zero-order valence-corrected chi connectivity index (χ0v) is 9.07. The summed E-state index contributed by atoms with van der Waals surface area (Å²) in [5.74, 6) is 0.296. The van der Waals surface area contributed by atoms with Crippen molar-refractivity contribution in [2.24, 2.45) is 4.40 Å². The van der Waals surface area contributed by atoms with E-state index >= 15 is 0 Å². The molecule has 0 saturated carbocycles. The van der Waals surface area contributed by atoms with Gasteiger partial charge < -0.3 is 9.47 Å². The van der Waals surface area contributed by atoms with Crippen LogP contribution in [0.25, 0.3) is 0 Å². The molecule has 0 spiro atoms. The number of sulfonamides is 1. The molecule has 2 aliphatic rings. The monoisotopic (exact) mass is 231 g/mol. The zero-order chi connectivity index (χ0) is 10.7. The van der Waals surface area contributed by atoms with Crippen molar-refractivity contribution in [3.8, 4) is 0 Å².